The van der Waals surface area contributed by atoms with Crippen molar-refractivity contribution < 1.29 is 33.7 Å². The summed E-state index contributed by atoms with van der Waals surface area (Å²) >= 11 is 0. The number of hydrogen-bond acceptors (Lipinski definition) is 6. The summed E-state index contributed by atoms with van der Waals surface area (Å²) in [6.45, 7) is 5.66. The van der Waals surface area contributed by atoms with Crippen LogP contribution in [0.15, 0.2) is 36.4 Å². The zero-order chi connectivity index (χ0) is 23.0. The average molecular weight is 430 g/mol. The Morgan fingerprint density at radius 1 is 1.03 bits per heavy atom. The third-order valence-electron chi connectivity index (χ3n) is 3.96. The van der Waals surface area contributed by atoms with Crippen LogP contribution in [0.5, 0.6) is 17.2 Å². The third-order valence-corrected chi connectivity index (χ3v) is 3.96. The number of rotatable bonds is 9. The Labute approximate surface area is 180 Å². The summed E-state index contributed by atoms with van der Waals surface area (Å²) in [5, 5.41) is 14.3. The fraction of sp³-hybridized carbons (Fsp3) is 0.318. The van der Waals surface area contributed by atoms with Crippen LogP contribution < -0.4 is 20.1 Å². The molecule has 0 fully saturated rings. The van der Waals surface area contributed by atoms with Crippen molar-refractivity contribution in [1.29, 1.82) is 0 Å². The SMILES string of the molecule is CCNC(=O)c1ccc(Oc2cc(CC(=O)O)ccc2OC)c(NC(=O)OC(C)C)c1. The summed E-state index contributed by atoms with van der Waals surface area (Å²) in [5.74, 6) is -0.443. The van der Waals surface area contributed by atoms with Crippen LogP contribution in [0.25, 0.3) is 0 Å². The number of aliphatic carboxylic acids is 1. The number of carboxylic acids is 1. The molecule has 0 saturated carbocycles. The molecule has 0 unspecified atom stereocenters. The van der Waals surface area contributed by atoms with Gasteiger partial charge in [-0.25, -0.2) is 4.79 Å². The first kappa shape index (κ1) is 23.5. The monoisotopic (exact) mass is 430 g/mol. The van der Waals surface area contributed by atoms with Gasteiger partial charge >= 0.3 is 12.1 Å². The van der Waals surface area contributed by atoms with E-state index in [4.69, 9.17) is 19.3 Å². The molecule has 3 N–H and O–H groups in total. The Balaban J connectivity index is 2.43. The first-order chi connectivity index (χ1) is 14.7. The van der Waals surface area contributed by atoms with Crippen molar-refractivity contribution in [3.8, 4) is 17.2 Å². The van der Waals surface area contributed by atoms with E-state index >= 15 is 0 Å². The Kier molecular flexibility index (Phi) is 8.25. The Morgan fingerprint density at radius 3 is 2.35 bits per heavy atom. The summed E-state index contributed by atoms with van der Waals surface area (Å²) in [6.07, 6.45) is -1.24. The Bertz CT molecular complexity index is 957. The number of carbonyl (C=O) groups is 3. The van der Waals surface area contributed by atoms with Gasteiger partial charge in [-0.2, -0.15) is 0 Å². The summed E-state index contributed by atoms with van der Waals surface area (Å²) in [5.41, 5.74) is 1.04. The van der Waals surface area contributed by atoms with Gasteiger partial charge in [0.2, 0.25) is 0 Å². The van der Waals surface area contributed by atoms with Crippen LogP contribution in [0, 0.1) is 0 Å². The molecule has 166 valence electrons. The van der Waals surface area contributed by atoms with Crippen LogP contribution in [0.3, 0.4) is 0 Å². The van der Waals surface area contributed by atoms with Gasteiger partial charge < -0.3 is 24.6 Å². The standard InChI is InChI=1S/C22H26N2O7/c1-5-23-21(27)15-7-9-17(16(12-15)24-22(28)30-13(2)3)31-19-10-14(11-20(25)26)6-8-18(19)29-4/h6-10,12-13H,5,11H2,1-4H3,(H,23,27)(H,24,28)(H,25,26). The first-order valence-electron chi connectivity index (χ1n) is 9.69. The molecule has 0 heterocycles. The molecule has 0 aliphatic carbocycles. The normalized spacial score (nSPS) is 10.4. The van der Waals surface area contributed by atoms with E-state index in [0.717, 1.165) is 0 Å². The third kappa shape index (κ3) is 6.91. The maximum atomic E-state index is 12.2. The van der Waals surface area contributed by atoms with E-state index in [1.807, 2.05) is 0 Å². The van der Waals surface area contributed by atoms with E-state index in [2.05, 4.69) is 10.6 Å². The molecule has 2 aromatic carbocycles. The molecule has 0 radical (unpaired) electrons. The van der Waals surface area contributed by atoms with Crippen LogP contribution in [-0.2, 0) is 16.0 Å². The predicted molar refractivity (Wildman–Crippen MR) is 114 cm³/mol. The molecule has 31 heavy (non-hydrogen) atoms. The van der Waals surface area contributed by atoms with Gasteiger partial charge in [0.25, 0.3) is 5.91 Å². The Morgan fingerprint density at radius 2 is 1.74 bits per heavy atom. The number of hydrogen-bond donors (Lipinski definition) is 3. The molecule has 0 spiro atoms. The fourth-order valence-corrected chi connectivity index (χ4v) is 2.68. The fourth-order valence-electron chi connectivity index (χ4n) is 2.68. The van der Waals surface area contributed by atoms with Gasteiger partial charge in [0.15, 0.2) is 17.2 Å². The van der Waals surface area contributed by atoms with Crippen molar-refractivity contribution in [1.82, 2.24) is 5.32 Å². The lowest BCUT2D eigenvalue weighted by molar-refractivity contribution is -0.136. The predicted octanol–water partition coefficient (Wildman–Crippen LogP) is 3.82. The molecule has 0 aliphatic rings. The number of anilines is 1. The molecule has 0 bridgehead atoms. The summed E-state index contributed by atoms with van der Waals surface area (Å²) < 4.78 is 16.3. The van der Waals surface area contributed by atoms with Gasteiger partial charge in [0.05, 0.1) is 25.3 Å². The number of methoxy groups -OCH3 is 1. The maximum Gasteiger partial charge on any atom is 0.411 e. The highest BCUT2D eigenvalue weighted by atomic mass is 16.6. The molecular weight excluding hydrogens is 404 g/mol. The smallest absolute Gasteiger partial charge is 0.411 e. The second-order valence-electron chi connectivity index (χ2n) is 6.81. The highest BCUT2D eigenvalue weighted by molar-refractivity contribution is 5.97. The molecule has 9 heteroatoms. The lowest BCUT2D eigenvalue weighted by Gasteiger charge is -2.17. The minimum Gasteiger partial charge on any atom is -0.493 e. The van der Waals surface area contributed by atoms with E-state index < -0.39 is 12.1 Å². The minimum atomic E-state index is -0.985. The molecule has 0 saturated heterocycles. The van der Waals surface area contributed by atoms with Gasteiger partial charge in [-0.15, -0.1) is 0 Å². The topological polar surface area (TPSA) is 123 Å². The van der Waals surface area contributed by atoms with Crippen LogP contribution in [0.4, 0.5) is 10.5 Å². The van der Waals surface area contributed by atoms with Crippen molar-refractivity contribution >= 4 is 23.7 Å². The second-order valence-corrected chi connectivity index (χ2v) is 6.81. The number of carboxylic acid groups (broad SMARTS) is 1. The van der Waals surface area contributed by atoms with Crippen LogP contribution in [0.1, 0.15) is 36.7 Å². The lowest BCUT2D eigenvalue weighted by Crippen LogP contribution is -2.23. The van der Waals surface area contributed by atoms with E-state index in [-0.39, 0.29) is 35.6 Å². The molecule has 0 aliphatic heterocycles. The first-order valence-corrected chi connectivity index (χ1v) is 9.69. The molecule has 2 aromatic rings. The molecule has 0 aromatic heterocycles. The zero-order valence-electron chi connectivity index (χ0n) is 17.9. The highest BCUT2D eigenvalue weighted by Gasteiger charge is 2.17. The van der Waals surface area contributed by atoms with Crippen molar-refractivity contribution in [2.24, 2.45) is 0 Å². The molecule has 2 amide bonds. The number of carbonyl (C=O) groups excluding carboxylic acids is 2. The summed E-state index contributed by atoms with van der Waals surface area (Å²) in [6, 6.07) is 9.30. The summed E-state index contributed by atoms with van der Waals surface area (Å²) in [7, 11) is 1.45. The molecule has 0 atom stereocenters. The Hall–Kier alpha value is -3.75. The van der Waals surface area contributed by atoms with Crippen LogP contribution >= 0.6 is 0 Å². The summed E-state index contributed by atoms with van der Waals surface area (Å²) in [4.78, 5) is 35.4. The van der Waals surface area contributed by atoms with Crippen molar-refractivity contribution in [3.63, 3.8) is 0 Å². The highest BCUT2D eigenvalue weighted by Crippen LogP contribution is 2.36. The number of ether oxygens (including phenoxy) is 3. The average Bonchev–Trinajstić information content (AvgIpc) is 2.68. The van der Waals surface area contributed by atoms with Crippen molar-refractivity contribution in [2.45, 2.75) is 33.3 Å². The van der Waals surface area contributed by atoms with Gasteiger partial charge in [-0.1, -0.05) is 6.07 Å². The number of nitrogens with one attached hydrogen (secondary N) is 2. The number of benzene rings is 2. The second kappa shape index (κ2) is 10.9. The quantitative estimate of drug-likeness (QED) is 0.552. The van der Waals surface area contributed by atoms with Crippen molar-refractivity contribution in [3.05, 3.63) is 47.5 Å². The van der Waals surface area contributed by atoms with Crippen molar-refractivity contribution in [2.75, 3.05) is 19.0 Å². The zero-order valence-corrected chi connectivity index (χ0v) is 17.9. The number of amides is 2. The van der Waals surface area contributed by atoms with E-state index in [0.29, 0.717) is 23.4 Å². The van der Waals surface area contributed by atoms with E-state index in [1.165, 1.54) is 19.2 Å². The largest absolute Gasteiger partial charge is 0.493 e. The minimum absolute atomic E-state index is 0.192. The van der Waals surface area contributed by atoms with Gasteiger partial charge in [-0.05, 0) is 56.7 Å². The van der Waals surface area contributed by atoms with E-state index in [9.17, 15) is 14.4 Å². The van der Waals surface area contributed by atoms with Gasteiger partial charge in [0, 0.05) is 12.1 Å². The molecular formula is C22H26N2O7. The van der Waals surface area contributed by atoms with Gasteiger partial charge in [-0.3, -0.25) is 14.9 Å². The van der Waals surface area contributed by atoms with Crippen LogP contribution in [-0.4, -0.2) is 42.8 Å². The molecule has 9 nitrogen and oxygen atoms in total. The van der Waals surface area contributed by atoms with Crippen LogP contribution in [0.2, 0.25) is 0 Å². The maximum absolute atomic E-state index is 12.2. The van der Waals surface area contributed by atoms with Gasteiger partial charge in [0.1, 0.15) is 0 Å². The lowest BCUT2D eigenvalue weighted by atomic mass is 10.1. The molecule has 2 rings (SSSR count). The van der Waals surface area contributed by atoms with E-state index in [1.54, 1.807) is 45.0 Å².